The topological polar surface area (TPSA) is 72.2 Å². The molecule has 6 heteroatoms. The van der Waals surface area contributed by atoms with E-state index in [1.807, 2.05) is 0 Å². The van der Waals surface area contributed by atoms with Gasteiger partial charge in [-0.05, 0) is 31.9 Å². The molecule has 0 aromatic heterocycles. The fourth-order valence-electron chi connectivity index (χ4n) is 1.59. The van der Waals surface area contributed by atoms with Crippen molar-refractivity contribution in [2.45, 2.75) is 31.1 Å². The van der Waals surface area contributed by atoms with Gasteiger partial charge in [-0.3, -0.25) is 0 Å². The Morgan fingerprint density at radius 1 is 1.42 bits per heavy atom. The van der Waals surface area contributed by atoms with Gasteiger partial charge in [0.15, 0.2) is 0 Å². The first-order valence-corrected chi connectivity index (χ1v) is 7.35. The standard InChI is InChI=1S/C13H17FN2O2S/c1-3-4-5-6-7-16-19(17,18)13-9-11(15)8-12(14)10(13)2/h1,8-9,16H,4-7,15H2,2H3. The number of benzene rings is 1. The molecule has 1 aromatic carbocycles. The number of halogens is 1. The van der Waals surface area contributed by atoms with Crippen LogP contribution in [0.3, 0.4) is 0 Å². The van der Waals surface area contributed by atoms with Gasteiger partial charge in [0.05, 0.1) is 4.90 Å². The summed E-state index contributed by atoms with van der Waals surface area (Å²) in [4.78, 5) is -0.123. The van der Waals surface area contributed by atoms with Crippen LogP contribution in [0.5, 0.6) is 0 Å². The summed E-state index contributed by atoms with van der Waals surface area (Å²) < 4.78 is 39.9. The van der Waals surface area contributed by atoms with Gasteiger partial charge in [-0.25, -0.2) is 17.5 Å². The lowest BCUT2D eigenvalue weighted by Gasteiger charge is -2.10. The van der Waals surface area contributed by atoms with Crippen molar-refractivity contribution in [2.75, 3.05) is 12.3 Å². The van der Waals surface area contributed by atoms with Gasteiger partial charge in [-0.15, -0.1) is 12.3 Å². The molecule has 0 fully saturated rings. The smallest absolute Gasteiger partial charge is 0.241 e. The summed E-state index contributed by atoms with van der Waals surface area (Å²) in [6.07, 6.45) is 7.07. The number of nitrogens with one attached hydrogen (secondary N) is 1. The van der Waals surface area contributed by atoms with Gasteiger partial charge >= 0.3 is 0 Å². The Balaban J connectivity index is 2.81. The molecule has 3 N–H and O–H groups in total. The molecule has 104 valence electrons. The summed E-state index contributed by atoms with van der Waals surface area (Å²) in [6.45, 7) is 1.67. The maximum Gasteiger partial charge on any atom is 0.241 e. The number of hydrogen-bond acceptors (Lipinski definition) is 3. The monoisotopic (exact) mass is 284 g/mol. The van der Waals surface area contributed by atoms with E-state index in [0.29, 0.717) is 12.8 Å². The average Bonchev–Trinajstić information content (AvgIpc) is 2.33. The van der Waals surface area contributed by atoms with Crippen molar-refractivity contribution >= 4 is 15.7 Å². The van der Waals surface area contributed by atoms with Crippen molar-refractivity contribution in [2.24, 2.45) is 0 Å². The lowest BCUT2D eigenvalue weighted by molar-refractivity contribution is 0.571. The van der Waals surface area contributed by atoms with Gasteiger partial charge in [0.2, 0.25) is 10.0 Å². The minimum Gasteiger partial charge on any atom is -0.399 e. The van der Waals surface area contributed by atoms with Gasteiger partial charge < -0.3 is 5.73 Å². The van der Waals surface area contributed by atoms with Crippen LogP contribution in [0.1, 0.15) is 24.8 Å². The summed E-state index contributed by atoms with van der Waals surface area (Å²) in [6, 6.07) is 2.35. The molecule has 4 nitrogen and oxygen atoms in total. The van der Waals surface area contributed by atoms with Crippen LogP contribution in [0.15, 0.2) is 17.0 Å². The number of hydrogen-bond donors (Lipinski definition) is 2. The first-order valence-electron chi connectivity index (χ1n) is 5.87. The molecular formula is C13H17FN2O2S. The maximum absolute atomic E-state index is 13.5. The Labute approximate surface area is 113 Å². The first-order chi connectivity index (χ1) is 8.88. The van der Waals surface area contributed by atoms with Crippen molar-refractivity contribution < 1.29 is 12.8 Å². The first kappa shape index (κ1) is 15.5. The highest BCUT2D eigenvalue weighted by molar-refractivity contribution is 7.89. The third-order valence-electron chi connectivity index (χ3n) is 2.65. The number of sulfonamides is 1. The van der Waals surface area contributed by atoms with Crippen LogP contribution in [0, 0.1) is 25.1 Å². The molecule has 0 spiro atoms. The predicted octanol–water partition coefficient (Wildman–Crippen LogP) is 1.80. The van der Waals surface area contributed by atoms with Gasteiger partial charge in [-0.1, -0.05) is 0 Å². The molecule has 0 radical (unpaired) electrons. The molecule has 19 heavy (non-hydrogen) atoms. The average molecular weight is 284 g/mol. The summed E-state index contributed by atoms with van der Waals surface area (Å²) in [5.41, 5.74) is 5.60. The molecule has 0 atom stereocenters. The zero-order valence-electron chi connectivity index (χ0n) is 10.7. The second kappa shape index (κ2) is 6.55. The molecule has 1 aromatic rings. The van der Waals surface area contributed by atoms with Gasteiger partial charge in [0.25, 0.3) is 0 Å². The number of rotatable bonds is 6. The normalized spacial score (nSPS) is 11.2. The third-order valence-corrected chi connectivity index (χ3v) is 4.24. The van der Waals surface area contributed by atoms with E-state index in [-0.39, 0.29) is 22.7 Å². The van der Waals surface area contributed by atoms with Crippen molar-refractivity contribution in [3.8, 4) is 12.3 Å². The fraction of sp³-hybridized carbons (Fsp3) is 0.385. The van der Waals surface area contributed by atoms with E-state index in [4.69, 9.17) is 12.2 Å². The molecule has 0 bridgehead atoms. The predicted molar refractivity (Wildman–Crippen MR) is 73.4 cm³/mol. The molecule has 0 saturated heterocycles. The lowest BCUT2D eigenvalue weighted by atomic mass is 10.2. The fourth-order valence-corrected chi connectivity index (χ4v) is 2.95. The molecular weight excluding hydrogens is 267 g/mol. The van der Waals surface area contributed by atoms with Crippen LogP contribution < -0.4 is 10.5 Å². The van der Waals surface area contributed by atoms with Crippen LogP contribution in [-0.2, 0) is 10.0 Å². The molecule has 0 unspecified atom stereocenters. The van der Waals surface area contributed by atoms with E-state index in [0.717, 1.165) is 12.5 Å². The molecule has 0 aliphatic heterocycles. The van der Waals surface area contributed by atoms with E-state index in [1.165, 1.54) is 13.0 Å². The molecule has 1 rings (SSSR count). The number of anilines is 1. The Morgan fingerprint density at radius 2 is 2.11 bits per heavy atom. The highest BCUT2D eigenvalue weighted by atomic mass is 32.2. The summed E-state index contributed by atoms with van der Waals surface area (Å²) >= 11 is 0. The molecule has 0 saturated carbocycles. The van der Waals surface area contributed by atoms with Crippen LogP contribution in [0.4, 0.5) is 10.1 Å². The number of nitrogen functional groups attached to an aromatic ring is 1. The van der Waals surface area contributed by atoms with Crippen molar-refractivity contribution in [1.82, 2.24) is 4.72 Å². The number of unbranched alkanes of at least 4 members (excludes halogenated alkanes) is 2. The van der Waals surface area contributed by atoms with Crippen molar-refractivity contribution in [3.05, 3.63) is 23.5 Å². The summed E-state index contributed by atoms with van der Waals surface area (Å²) in [5.74, 6) is 1.85. The quantitative estimate of drug-likeness (QED) is 0.475. The Morgan fingerprint density at radius 3 is 2.74 bits per heavy atom. The van der Waals surface area contributed by atoms with Crippen LogP contribution in [0.2, 0.25) is 0 Å². The van der Waals surface area contributed by atoms with Crippen molar-refractivity contribution in [1.29, 1.82) is 0 Å². The molecule has 0 heterocycles. The van der Waals surface area contributed by atoms with E-state index in [2.05, 4.69) is 10.6 Å². The second-order valence-corrected chi connectivity index (χ2v) is 5.92. The largest absolute Gasteiger partial charge is 0.399 e. The third kappa shape index (κ3) is 4.23. The SMILES string of the molecule is C#CCCCCNS(=O)(=O)c1cc(N)cc(F)c1C. The maximum atomic E-state index is 13.5. The zero-order valence-corrected chi connectivity index (χ0v) is 11.6. The van der Waals surface area contributed by atoms with E-state index in [1.54, 1.807) is 0 Å². The highest BCUT2D eigenvalue weighted by Gasteiger charge is 2.19. The molecule has 0 amide bonds. The highest BCUT2D eigenvalue weighted by Crippen LogP contribution is 2.21. The van der Waals surface area contributed by atoms with Crippen LogP contribution in [0.25, 0.3) is 0 Å². The van der Waals surface area contributed by atoms with E-state index in [9.17, 15) is 12.8 Å². The van der Waals surface area contributed by atoms with Crippen LogP contribution in [-0.4, -0.2) is 15.0 Å². The summed E-state index contributed by atoms with van der Waals surface area (Å²) in [5, 5.41) is 0. The van der Waals surface area contributed by atoms with Gasteiger partial charge in [0, 0.05) is 24.2 Å². The Bertz CT molecular complexity index is 591. The Hall–Kier alpha value is -1.58. The van der Waals surface area contributed by atoms with Gasteiger partial charge in [-0.2, -0.15) is 0 Å². The minimum atomic E-state index is -3.74. The van der Waals surface area contributed by atoms with Crippen molar-refractivity contribution in [3.63, 3.8) is 0 Å². The summed E-state index contributed by atoms with van der Waals surface area (Å²) in [7, 11) is -3.74. The minimum absolute atomic E-state index is 0.0605. The number of terminal acetylenes is 1. The molecule has 0 aliphatic rings. The lowest BCUT2D eigenvalue weighted by Crippen LogP contribution is -2.26. The Kier molecular flexibility index (Phi) is 5.33. The van der Waals surface area contributed by atoms with Crippen LogP contribution >= 0.6 is 0 Å². The zero-order chi connectivity index (χ0) is 14.5. The van der Waals surface area contributed by atoms with Gasteiger partial charge in [0.1, 0.15) is 5.82 Å². The number of nitrogens with two attached hydrogens (primary N) is 1. The second-order valence-electron chi connectivity index (χ2n) is 4.18. The van der Waals surface area contributed by atoms with E-state index >= 15 is 0 Å². The van der Waals surface area contributed by atoms with E-state index < -0.39 is 15.8 Å². The molecule has 0 aliphatic carbocycles.